The number of halogens is 1. The SMILES string of the molecule is CCOc1ccc(NC(=NCc2nnc(C)n2C)NCCCOC)cc1OC.I. The molecule has 0 unspecified atom stereocenters. The number of benzene rings is 1. The van der Waals surface area contributed by atoms with Gasteiger partial charge in [0.1, 0.15) is 12.4 Å². The Kier molecular flexibility index (Phi) is 11.4. The van der Waals surface area contributed by atoms with Crippen molar-refractivity contribution in [1.29, 1.82) is 0 Å². The van der Waals surface area contributed by atoms with Gasteiger partial charge in [0.2, 0.25) is 0 Å². The van der Waals surface area contributed by atoms with E-state index in [-0.39, 0.29) is 24.0 Å². The van der Waals surface area contributed by atoms with Gasteiger partial charge in [0.15, 0.2) is 23.3 Å². The van der Waals surface area contributed by atoms with Gasteiger partial charge in [0, 0.05) is 39.1 Å². The van der Waals surface area contributed by atoms with E-state index in [2.05, 4.69) is 25.8 Å². The van der Waals surface area contributed by atoms with Crippen LogP contribution in [0.3, 0.4) is 0 Å². The molecule has 1 aromatic heterocycles. The fraction of sp³-hybridized carbons (Fsp3) is 0.526. The Bertz CT molecular complexity index is 781. The normalized spacial score (nSPS) is 11.0. The van der Waals surface area contributed by atoms with Crippen LogP contribution in [0.1, 0.15) is 25.0 Å². The molecule has 29 heavy (non-hydrogen) atoms. The van der Waals surface area contributed by atoms with E-state index in [1.807, 2.05) is 43.7 Å². The maximum absolute atomic E-state index is 5.57. The smallest absolute Gasteiger partial charge is 0.196 e. The van der Waals surface area contributed by atoms with Crippen LogP contribution in [0.25, 0.3) is 0 Å². The first-order valence-corrected chi connectivity index (χ1v) is 9.29. The average Bonchev–Trinajstić information content (AvgIpc) is 3.02. The van der Waals surface area contributed by atoms with Crippen LogP contribution in [0.5, 0.6) is 11.5 Å². The molecule has 0 aliphatic rings. The van der Waals surface area contributed by atoms with Crippen molar-refractivity contribution in [2.75, 3.05) is 39.3 Å². The minimum absolute atomic E-state index is 0. The first-order valence-electron chi connectivity index (χ1n) is 9.29. The molecule has 0 aliphatic heterocycles. The fourth-order valence-corrected chi connectivity index (χ4v) is 2.46. The van der Waals surface area contributed by atoms with Crippen molar-refractivity contribution in [2.45, 2.75) is 26.8 Å². The molecule has 162 valence electrons. The van der Waals surface area contributed by atoms with Gasteiger partial charge in [-0.15, -0.1) is 34.2 Å². The second-order valence-electron chi connectivity index (χ2n) is 6.08. The number of nitrogens with zero attached hydrogens (tertiary/aromatic N) is 4. The summed E-state index contributed by atoms with van der Waals surface area (Å²) in [6, 6.07) is 5.68. The minimum atomic E-state index is 0. The van der Waals surface area contributed by atoms with Crippen molar-refractivity contribution in [2.24, 2.45) is 12.0 Å². The molecule has 0 amide bonds. The number of ether oxygens (including phenoxy) is 3. The number of hydrogen-bond donors (Lipinski definition) is 2. The maximum Gasteiger partial charge on any atom is 0.196 e. The fourth-order valence-electron chi connectivity index (χ4n) is 2.46. The molecule has 2 rings (SSSR count). The second kappa shape index (κ2) is 13.2. The van der Waals surface area contributed by atoms with E-state index >= 15 is 0 Å². The van der Waals surface area contributed by atoms with E-state index in [1.54, 1.807) is 14.2 Å². The van der Waals surface area contributed by atoms with Crippen LogP contribution < -0.4 is 20.1 Å². The topological polar surface area (TPSA) is 94.8 Å². The van der Waals surface area contributed by atoms with E-state index in [1.165, 1.54) is 0 Å². The summed E-state index contributed by atoms with van der Waals surface area (Å²) in [7, 11) is 5.24. The summed E-state index contributed by atoms with van der Waals surface area (Å²) in [5.41, 5.74) is 0.840. The molecule has 0 saturated heterocycles. The molecule has 0 fully saturated rings. The molecule has 2 N–H and O–H groups in total. The van der Waals surface area contributed by atoms with Gasteiger partial charge in [-0.2, -0.15) is 0 Å². The predicted octanol–water partition coefficient (Wildman–Crippen LogP) is 2.74. The summed E-state index contributed by atoms with van der Waals surface area (Å²) in [6.07, 6.45) is 0.868. The van der Waals surface area contributed by atoms with E-state index in [9.17, 15) is 0 Å². The van der Waals surface area contributed by atoms with Crippen LogP contribution in [0.2, 0.25) is 0 Å². The maximum atomic E-state index is 5.57. The molecule has 2 aromatic rings. The van der Waals surface area contributed by atoms with Crippen molar-refractivity contribution >= 4 is 35.6 Å². The second-order valence-corrected chi connectivity index (χ2v) is 6.08. The molecule has 0 bridgehead atoms. The highest BCUT2D eigenvalue weighted by molar-refractivity contribution is 14.0. The van der Waals surface area contributed by atoms with Crippen LogP contribution in [-0.2, 0) is 18.3 Å². The van der Waals surface area contributed by atoms with E-state index in [0.717, 1.165) is 30.3 Å². The van der Waals surface area contributed by atoms with E-state index in [4.69, 9.17) is 14.2 Å². The molecule has 0 radical (unpaired) electrons. The highest BCUT2D eigenvalue weighted by atomic mass is 127. The Labute approximate surface area is 189 Å². The number of hydrogen-bond acceptors (Lipinski definition) is 6. The summed E-state index contributed by atoms with van der Waals surface area (Å²) in [6.45, 7) is 6.24. The molecule has 0 aliphatic carbocycles. The van der Waals surface area contributed by atoms with Crippen LogP contribution in [0.15, 0.2) is 23.2 Å². The van der Waals surface area contributed by atoms with Gasteiger partial charge in [-0.25, -0.2) is 4.99 Å². The van der Waals surface area contributed by atoms with Gasteiger partial charge in [-0.3, -0.25) is 0 Å². The zero-order chi connectivity index (χ0) is 20.4. The summed E-state index contributed by atoms with van der Waals surface area (Å²) in [5, 5.41) is 14.8. The zero-order valence-corrected chi connectivity index (χ0v) is 20.0. The lowest BCUT2D eigenvalue weighted by molar-refractivity contribution is 0.195. The summed E-state index contributed by atoms with van der Waals surface area (Å²) >= 11 is 0. The molecule has 9 nitrogen and oxygen atoms in total. The van der Waals surface area contributed by atoms with Crippen LogP contribution in [-0.4, -0.2) is 54.7 Å². The minimum Gasteiger partial charge on any atom is -0.493 e. The molecule has 1 heterocycles. The van der Waals surface area contributed by atoms with Gasteiger partial charge < -0.3 is 29.4 Å². The number of aryl methyl sites for hydroxylation is 1. The first kappa shape index (κ1) is 25.0. The van der Waals surface area contributed by atoms with Crippen molar-refractivity contribution in [3.05, 3.63) is 29.8 Å². The number of aliphatic imine (C=N–C) groups is 1. The molecular weight excluding hydrogens is 487 g/mol. The van der Waals surface area contributed by atoms with Gasteiger partial charge in [0.05, 0.1) is 13.7 Å². The zero-order valence-electron chi connectivity index (χ0n) is 17.7. The summed E-state index contributed by atoms with van der Waals surface area (Å²) in [4.78, 5) is 4.63. The molecule has 10 heteroatoms. The molecule has 1 aromatic carbocycles. The number of guanidine groups is 1. The highest BCUT2D eigenvalue weighted by Crippen LogP contribution is 2.30. The number of anilines is 1. The lowest BCUT2D eigenvalue weighted by Crippen LogP contribution is -2.32. The Morgan fingerprint density at radius 2 is 2.00 bits per heavy atom. The molecular formula is C19H31IN6O3. The van der Waals surface area contributed by atoms with Crippen LogP contribution in [0.4, 0.5) is 5.69 Å². The summed E-state index contributed by atoms with van der Waals surface area (Å²) < 4.78 is 18.0. The number of methoxy groups -OCH3 is 2. The molecule has 0 saturated carbocycles. The predicted molar refractivity (Wildman–Crippen MR) is 125 cm³/mol. The number of rotatable bonds is 10. The Balaban J connectivity index is 0.00000420. The third-order valence-electron chi connectivity index (χ3n) is 4.11. The van der Waals surface area contributed by atoms with Crippen molar-refractivity contribution < 1.29 is 14.2 Å². The van der Waals surface area contributed by atoms with Crippen molar-refractivity contribution in [1.82, 2.24) is 20.1 Å². The lowest BCUT2D eigenvalue weighted by Gasteiger charge is -2.15. The van der Waals surface area contributed by atoms with Gasteiger partial charge in [-0.05, 0) is 32.4 Å². The molecule has 0 spiro atoms. The van der Waals surface area contributed by atoms with Crippen LogP contribution >= 0.6 is 24.0 Å². The monoisotopic (exact) mass is 518 g/mol. The largest absolute Gasteiger partial charge is 0.493 e. The van der Waals surface area contributed by atoms with E-state index < -0.39 is 0 Å². The van der Waals surface area contributed by atoms with Gasteiger partial charge >= 0.3 is 0 Å². The van der Waals surface area contributed by atoms with Gasteiger partial charge in [-0.1, -0.05) is 0 Å². The van der Waals surface area contributed by atoms with Gasteiger partial charge in [0.25, 0.3) is 0 Å². The standard InChI is InChI=1S/C19H30N6O3.HI/c1-6-28-16-9-8-15(12-17(16)27-5)22-19(20-10-7-11-26-4)21-13-18-24-23-14(2)25(18)3;/h8-9,12H,6-7,10-11,13H2,1-5H3,(H2,20,21,22);1H. The highest BCUT2D eigenvalue weighted by Gasteiger charge is 2.09. The third-order valence-corrected chi connectivity index (χ3v) is 4.11. The first-order chi connectivity index (χ1) is 13.6. The lowest BCUT2D eigenvalue weighted by atomic mass is 10.2. The average molecular weight is 518 g/mol. The van der Waals surface area contributed by atoms with Crippen molar-refractivity contribution in [3.63, 3.8) is 0 Å². The van der Waals surface area contributed by atoms with Crippen LogP contribution in [0, 0.1) is 6.92 Å². The molecule has 0 atom stereocenters. The van der Waals surface area contributed by atoms with E-state index in [0.29, 0.717) is 37.2 Å². The number of nitrogens with one attached hydrogen (secondary N) is 2. The quantitative estimate of drug-likeness (QED) is 0.216. The Morgan fingerprint density at radius 1 is 1.21 bits per heavy atom. The number of aromatic nitrogens is 3. The summed E-state index contributed by atoms with van der Waals surface area (Å²) in [5.74, 6) is 3.65. The third kappa shape index (κ3) is 7.69. The Morgan fingerprint density at radius 3 is 2.62 bits per heavy atom. The van der Waals surface area contributed by atoms with Crippen molar-refractivity contribution in [3.8, 4) is 11.5 Å². The Hall–Kier alpha value is -2.08.